The summed E-state index contributed by atoms with van der Waals surface area (Å²) in [5, 5.41) is 6.33. The summed E-state index contributed by atoms with van der Waals surface area (Å²) in [4.78, 5) is 28.3. The molecule has 0 aliphatic carbocycles. The molecule has 0 aliphatic heterocycles. The molecule has 0 spiro atoms. The van der Waals surface area contributed by atoms with Gasteiger partial charge in [-0.2, -0.15) is 4.98 Å². The molecule has 9 nitrogen and oxygen atoms in total. The van der Waals surface area contributed by atoms with Gasteiger partial charge in [-0.3, -0.25) is 9.59 Å². The number of hydrogen-bond donors (Lipinski definition) is 1. The second-order valence-electron chi connectivity index (χ2n) is 6.57. The molecule has 0 saturated carbocycles. The normalized spacial score (nSPS) is 10.7. The fraction of sp³-hybridized carbons (Fsp3) is 0.500. The van der Waals surface area contributed by atoms with Crippen LogP contribution in [0.25, 0.3) is 0 Å². The van der Waals surface area contributed by atoms with Crippen LogP contribution in [0.15, 0.2) is 22.7 Å². The van der Waals surface area contributed by atoms with Gasteiger partial charge in [0.2, 0.25) is 0 Å². The predicted molar refractivity (Wildman–Crippen MR) is 104 cm³/mol. The molecule has 0 atom stereocenters. The van der Waals surface area contributed by atoms with Gasteiger partial charge in [-0.1, -0.05) is 19.0 Å². The third kappa shape index (κ3) is 7.10. The summed E-state index contributed by atoms with van der Waals surface area (Å²) in [5.41, 5.74) is 0.347. The van der Waals surface area contributed by atoms with Crippen LogP contribution in [-0.4, -0.2) is 41.8 Å². The number of carbonyl (C=O) groups is 2. The van der Waals surface area contributed by atoms with Crippen molar-refractivity contribution in [3.63, 3.8) is 0 Å². The molecule has 2 aromatic rings. The summed E-state index contributed by atoms with van der Waals surface area (Å²) in [7, 11) is 0. The molecule has 1 heterocycles. The van der Waals surface area contributed by atoms with Gasteiger partial charge in [-0.15, -0.1) is 0 Å². The second-order valence-corrected chi connectivity index (χ2v) is 6.57. The Kier molecular flexibility index (Phi) is 8.45. The molecule has 1 N–H and O–H groups in total. The van der Waals surface area contributed by atoms with E-state index >= 15 is 0 Å². The summed E-state index contributed by atoms with van der Waals surface area (Å²) < 4.78 is 21.0. The van der Waals surface area contributed by atoms with Crippen LogP contribution in [-0.2, 0) is 22.6 Å². The lowest BCUT2D eigenvalue weighted by Crippen LogP contribution is -2.30. The Morgan fingerprint density at radius 1 is 1.14 bits per heavy atom. The number of esters is 1. The minimum atomic E-state index is -0.613. The first-order valence-electron chi connectivity index (χ1n) is 9.57. The molecule has 0 radical (unpaired) electrons. The lowest BCUT2D eigenvalue weighted by Gasteiger charge is -2.12. The fourth-order valence-electron chi connectivity index (χ4n) is 2.44. The zero-order chi connectivity index (χ0) is 21.2. The molecule has 0 bridgehead atoms. The van der Waals surface area contributed by atoms with Crippen LogP contribution >= 0.6 is 0 Å². The van der Waals surface area contributed by atoms with Crippen LogP contribution < -0.4 is 14.8 Å². The summed E-state index contributed by atoms with van der Waals surface area (Å²) in [6.45, 7) is 8.28. The third-order valence-corrected chi connectivity index (χ3v) is 3.66. The average molecular weight is 405 g/mol. The van der Waals surface area contributed by atoms with Crippen molar-refractivity contribution < 1.29 is 28.3 Å². The van der Waals surface area contributed by atoms with Crippen molar-refractivity contribution in [3.05, 3.63) is 35.5 Å². The minimum absolute atomic E-state index is 0.142. The molecule has 1 aromatic carbocycles. The number of benzene rings is 1. The molecular formula is C20H27N3O6. The molecule has 1 amide bonds. The standard InChI is InChI=1S/C20H27N3O6/c1-5-26-15-8-7-14(10-16(15)27-6-2)20(25)21-11-19(24)28-12-18-22-17(23-29-18)9-13(3)4/h7-8,10,13H,5-6,9,11-12H2,1-4H3,(H,21,25). The van der Waals surface area contributed by atoms with E-state index in [0.29, 0.717) is 48.4 Å². The molecule has 1 aromatic heterocycles. The molecule has 0 saturated heterocycles. The molecule has 158 valence electrons. The van der Waals surface area contributed by atoms with Gasteiger partial charge >= 0.3 is 5.97 Å². The van der Waals surface area contributed by atoms with Gasteiger partial charge in [-0.25, -0.2) is 0 Å². The van der Waals surface area contributed by atoms with Crippen LogP contribution in [0.1, 0.15) is 49.8 Å². The van der Waals surface area contributed by atoms with Crippen molar-refractivity contribution >= 4 is 11.9 Å². The van der Waals surface area contributed by atoms with Crippen LogP contribution in [0.4, 0.5) is 0 Å². The van der Waals surface area contributed by atoms with E-state index in [9.17, 15) is 9.59 Å². The van der Waals surface area contributed by atoms with Crippen molar-refractivity contribution in [2.75, 3.05) is 19.8 Å². The molecule has 2 rings (SSSR count). The van der Waals surface area contributed by atoms with E-state index in [0.717, 1.165) is 0 Å². The Bertz CT molecular complexity index is 818. The number of ether oxygens (including phenoxy) is 3. The number of nitrogens with zero attached hydrogens (tertiary/aromatic N) is 2. The Balaban J connectivity index is 1.84. The van der Waals surface area contributed by atoms with E-state index in [1.54, 1.807) is 18.2 Å². The molecule has 29 heavy (non-hydrogen) atoms. The van der Waals surface area contributed by atoms with Gasteiger partial charge in [0.05, 0.1) is 13.2 Å². The van der Waals surface area contributed by atoms with Crippen LogP contribution in [0, 0.1) is 5.92 Å². The van der Waals surface area contributed by atoms with Crippen molar-refractivity contribution in [1.29, 1.82) is 0 Å². The summed E-state index contributed by atoms with van der Waals surface area (Å²) >= 11 is 0. The lowest BCUT2D eigenvalue weighted by atomic mass is 10.1. The zero-order valence-corrected chi connectivity index (χ0v) is 17.2. The van der Waals surface area contributed by atoms with Crippen molar-refractivity contribution in [3.8, 4) is 11.5 Å². The van der Waals surface area contributed by atoms with Gasteiger partial charge in [0.1, 0.15) is 6.54 Å². The Hall–Kier alpha value is -3.10. The van der Waals surface area contributed by atoms with Gasteiger partial charge in [0.15, 0.2) is 23.9 Å². The SMILES string of the molecule is CCOc1ccc(C(=O)NCC(=O)OCc2nc(CC(C)C)no2)cc1OCC. The quantitative estimate of drug-likeness (QED) is 0.568. The van der Waals surface area contributed by atoms with Gasteiger partial charge < -0.3 is 24.1 Å². The predicted octanol–water partition coefficient (Wildman–Crippen LogP) is 2.54. The maximum absolute atomic E-state index is 12.3. The maximum Gasteiger partial charge on any atom is 0.325 e. The van der Waals surface area contributed by atoms with Crippen molar-refractivity contribution in [2.45, 2.75) is 40.7 Å². The van der Waals surface area contributed by atoms with Crippen LogP contribution in [0.3, 0.4) is 0 Å². The van der Waals surface area contributed by atoms with Gasteiger partial charge in [0.25, 0.3) is 11.8 Å². The highest BCUT2D eigenvalue weighted by Crippen LogP contribution is 2.28. The van der Waals surface area contributed by atoms with Crippen LogP contribution in [0.2, 0.25) is 0 Å². The number of aromatic nitrogens is 2. The van der Waals surface area contributed by atoms with Crippen molar-refractivity contribution in [1.82, 2.24) is 15.5 Å². The summed E-state index contributed by atoms with van der Waals surface area (Å²) in [6.07, 6.45) is 0.680. The van der Waals surface area contributed by atoms with E-state index in [-0.39, 0.29) is 19.0 Å². The number of carbonyl (C=O) groups excluding carboxylic acids is 2. The lowest BCUT2D eigenvalue weighted by molar-refractivity contribution is -0.144. The average Bonchev–Trinajstić information content (AvgIpc) is 3.12. The number of nitrogens with one attached hydrogen (secondary N) is 1. The maximum atomic E-state index is 12.3. The first kappa shape index (κ1) is 22.2. The third-order valence-electron chi connectivity index (χ3n) is 3.66. The first-order valence-corrected chi connectivity index (χ1v) is 9.57. The fourth-order valence-corrected chi connectivity index (χ4v) is 2.44. The van der Waals surface area contributed by atoms with E-state index in [4.69, 9.17) is 18.7 Å². The Labute approximate surface area is 169 Å². The highest BCUT2D eigenvalue weighted by Gasteiger charge is 2.14. The topological polar surface area (TPSA) is 113 Å². The molecule has 9 heteroatoms. The number of hydrogen-bond acceptors (Lipinski definition) is 8. The highest BCUT2D eigenvalue weighted by atomic mass is 16.6. The first-order chi connectivity index (χ1) is 13.9. The summed E-state index contributed by atoms with van der Waals surface area (Å²) in [5.74, 6) is 1.16. The largest absolute Gasteiger partial charge is 0.490 e. The van der Waals surface area contributed by atoms with E-state index < -0.39 is 11.9 Å². The minimum Gasteiger partial charge on any atom is -0.490 e. The highest BCUT2D eigenvalue weighted by molar-refractivity contribution is 5.96. The van der Waals surface area contributed by atoms with E-state index in [2.05, 4.69) is 15.5 Å². The Morgan fingerprint density at radius 3 is 2.55 bits per heavy atom. The molecule has 0 fully saturated rings. The van der Waals surface area contributed by atoms with E-state index in [1.807, 2.05) is 27.7 Å². The smallest absolute Gasteiger partial charge is 0.325 e. The zero-order valence-electron chi connectivity index (χ0n) is 17.2. The molecule has 0 unspecified atom stereocenters. The monoisotopic (exact) mass is 405 g/mol. The summed E-state index contributed by atoms with van der Waals surface area (Å²) in [6, 6.07) is 4.83. The number of rotatable bonds is 11. The Morgan fingerprint density at radius 2 is 1.86 bits per heavy atom. The van der Waals surface area contributed by atoms with E-state index in [1.165, 1.54) is 0 Å². The van der Waals surface area contributed by atoms with Crippen LogP contribution in [0.5, 0.6) is 11.5 Å². The second kappa shape index (κ2) is 11.0. The molecular weight excluding hydrogens is 378 g/mol. The number of amides is 1. The van der Waals surface area contributed by atoms with Crippen molar-refractivity contribution in [2.24, 2.45) is 5.92 Å². The van der Waals surface area contributed by atoms with Gasteiger partial charge in [-0.05, 0) is 38.0 Å². The van der Waals surface area contributed by atoms with Gasteiger partial charge in [0, 0.05) is 12.0 Å². The molecule has 0 aliphatic rings.